The molecule has 0 bridgehead atoms. The van der Waals surface area contributed by atoms with Crippen LogP contribution in [0.15, 0.2) is 48.5 Å². The van der Waals surface area contributed by atoms with E-state index in [1.54, 1.807) is 15.9 Å². The van der Waals surface area contributed by atoms with Crippen LogP contribution in [0.1, 0.15) is 42.4 Å². The molecule has 35 heavy (non-hydrogen) atoms. The van der Waals surface area contributed by atoms with Crippen molar-refractivity contribution in [2.75, 3.05) is 36.5 Å². The number of anilines is 2. The number of aryl methyl sites for hydroxylation is 1. The molecule has 2 saturated heterocycles. The number of hydrogen-bond donors (Lipinski definition) is 1. The molecule has 0 spiro atoms. The summed E-state index contributed by atoms with van der Waals surface area (Å²) in [6.45, 7) is 5.72. The van der Waals surface area contributed by atoms with Crippen LogP contribution in [0.5, 0.6) is 0 Å². The van der Waals surface area contributed by atoms with Crippen molar-refractivity contribution in [1.29, 1.82) is 0 Å². The number of ether oxygens (including phenoxy) is 1. The zero-order valence-corrected chi connectivity index (χ0v) is 20.5. The largest absolute Gasteiger partial charge is 0.376 e. The molecule has 184 valence electrons. The molecular weight excluding hydrogens is 442 g/mol. The normalized spacial score (nSPS) is 17.8. The van der Waals surface area contributed by atoms with Gasteiger partial charge in [0.2, 0.25) is 17.7 Å². The molecule has 2 aliphatic heterocycles. The molecule has 0 radical (unpaired) electrons. The van der Waals surface area contributed by atoms with E-state index >= 15 is 0 Å². The number of benzene rings is 2. The third-order valence-electron chi connectivity index (χ3n) is 6.67. The van der Waals surface area contributed by atoms with Gasteiger partial charge in [0.1, 0.15) is 6.54 Å². The SMILES string of the molecule is Cc1cccc(NC(=O)CN(CC2CCCO2)C(=O)/C=C/c2ccc(N3CCCC3=O)cc2)c1C. The second kappa shape index (κ2) is 11.3. The predicted octanol–water partition coefficient (Wildman–Crippen LogP) is 4.09. The number of nitrogens with one attached hydrogen (secondary N) is 1. The standard InChI is InChI=1S/C28H33N3O4/c1-20-6-3-8-25(21(20)2)29-26(32)19-30(18-24-7-5-17-35-24)27(33)15-12-22-10-13-23(14-11-22)31-16-4-9-28(31)34/h3,6,8,10-15,24H,4-5,7,9,16-19H2,1-2H3,(H,29,32)/b15-12+. The van der Waals surface area contributed by atoms with E-state index in [1.807, 2.05) is 56.3 Å². The van der Waals surface area contributed by atoms with Crippen LogP contribution in [-0.4, -0.2) is 55.0 Å². The first-order valence-electron chi connectivity index (χ1n) is 12.3. The van der Waals surface area contributed by atoms with Gasteiger partial charge in [-0.15, -0.1) is 0 Å². The third kappa shape index (κ3) is 6.36. The molecule has 3 amide bonds. The summed E-state index contributed by atoms with van der Waals surface area (Å²) < 4.78 is 5.72. The maximum absolute atomic E-state index is 13.1. The van der Waals surface area contributed by atoms with Gasteiger partial charge < -0.3 is 19.9 Å². The summed E-state index contributed by atoms with van der Waals surface area (Å²) in [6.07, 6.45) is 6.49. The van der Waals surface area contributed by atoms with Crippen LogP contribution in [0.2, 0.25) is 0 Å². The highest BCUT2D eigenvalue weighted by Gasteiger charge is 2.24. The Labute approximate surface area is 206 Å². The Hall–Kier alpha value is -3.45. The van der Waals surface area contributed by atoms with Gasteiger partial charge in [-0.25, -0.2) is 0 Å². The van der Waals surface area contributed by atoms with Gasteiger partial charge in [0, 0.05) is 43.6 Å². The van der Waals surface area contributed by atoms with Crippen molar-refractivity contribution in [2.45, 2.75) is 45.6 Å². The molecule has 2 aromatic carbocycles. The van der Waals surface area contributed by atoms with Crippen molar-refractivity contribution < 1.29 is 19.1 Å². The van der Waals surface area contributed by atoms with Crippen LogP contribution in [0.4, 0.5) is 11.4 Å². The Bertz CT molecular complexity index is 1100. The Kier molecular flexibility index (Phi) is 7.98. The van der Waals surface area contributed by atoms with E-state index < -0.39 is 0 Å². The van der Waals surface area contributed by atoms with Gasteiger partial charge >= 0.3 is 0 Å². The van der Waals surface area contributed by atoms with Crippen molar-refractivity contribution in [3.05, 3.63) is 65.2 Å². The molecule has 2 aromatic rings. The number of amides is 3. The predicted molar refractivity (Wildman–Crippen MR) is 137 cm³/mol. The summed E-state index contributed by atoms with van der Waals surface area (Å²) in [5.41, 5.74) is 4.59. The lowest BCUT2D eigenvalue weighted by Crippen LogP contribution is -2.41. The highest BCUT2D eigenvalue weighted by atomic mass is 16.5. The van der Waals surface area contributed by atoms with Crippen molar-refractivity contribution >= 4 is 35.2 Å². The fourth-order valence-electron chi connectivity index (χ4n) is 4.48. The highest BCUT2D eigenvalue weighted by molar-refractivity contribution is 5.98. The summed E-state index contributed by atoms with van der Waals surface area (Å²) in [6, 6.07) is 13.3. The Morgan fingerprint density at radius 2 is 1.94 bits per heavy atom. The summed E-state index contributed by atoms with van der Waals surface area (Å²) in [4.78, 5) is 41.2. The second-order valence-corrected chi connectivity index (χ2v) is 9.22. The maximum Gasteiger partial charge on any atom is 0.247 e. The van der Waals surface area contributed by atoms with Crippen LogP contribution >= 0.6 is 0 Å². The number of carbonyl (C=O) groups excluding carboxylic acids is 3. The van der Waals surface area contributed by atoms with Crippen LogP contribution in [0.3, 0.4) is 0 Å². The topological polar surface area (TPSA) is 79.0 Å². The zero-order chi connectivity index (χ0) is 24.8. The lowest BCUT2D eigenvalue weighted by Gasteiger charge is -2.24. The molecule has 0 aromatic heterocycles. The summed E-state index contributed by atoms with van der Waals surface area (Å²) in [7, 11) is 0. The number of carbonyl (C=O) groups is 3. The lowest BCUT2D eigenvalue weighted by molar-refractivity contribution is -0.131. The van der Waals surface area contributed by atoms with Crippen LogP contribution in [0, 0.1) is 13.8 Å². The van der Waals surface area contributed by atoms with E-state index in [2.05, 4.69) is 5.32 Å². The van der Waals surface area contributed by atoms with Gasteiger partial charge in [-0.3, -0.25) is 14.4 Å². The molecule has 0 aliphatic carbocycles. The smallest absolute Gasteiger partial charge is 0.247 e. The molecule has 2 aliphatic rings. The number of hydrogen-bond acceptors (Lipinski definition) is 4. The summed E-state index contributed by atoms with van der Waals surface area (Å²) in [5, 5.41) is 2.94. The van der Waals surface area contributed by atoms with Gasteiger partial charge in [0.25, 0.3) is 0 Å². The summed E-state index contributed by atoms with van der Waals surface area (Å²) >= 11 is 0. The van der Waals surface area contributed by atoms with Crippen molar-refractivity contribution in [1.82, 2.24) is 4.90 Å². The van der Waals surface area contributed by atoms with E-state index in [0.29, 0.717) is 19.6 Å². The number of nitrogens with zero attached hydrogens (tertiary/aromatic N) is 2. The third-order valence-corrected chi connectivity index (χ3v) is 6.67. The zero-order valence-electron chi connectivity index (χ0n) is 20.5. The van der Waals surface area contributed by atoms with Gasteiger partial charge in [-0.1, -0.05) is 24.3 Å². The first kappa shape index (κ1) is 24.7. The Morgan fingerprint density at radius 3 is 2.63 bits per heavy atom. The Morgan fingerprint density at radius 1 is 1.14 bits per heavy atom. The molecule has 7 nitrogen and oxygen atoms in total. The van der Waals surface area contributed by atoms with E-state index in [4.69, 9.17) is 4.74 Å². The molecule has 4 rings (SSSR count). The monoisotopic (exact) mass is 475 g/mol. The molecule has 1 N–H and O–H groups in total. The maximum atomic E-state index is 13.1. The van der Waals surface area contributed by atoms with Crippen molar-refractivity contribution in [2.24, 2.45) is 0 Å². The van der Waals surface area contributed by atoms with E-state index in [-0.39, 0.29) is 30.4 Å². The van der Waals surface area contributed by atoms with Crippen molar-refractivity contribution in [3.63, 3.8) is 0 Å². The molecule has 1 unspecified atom stereocenters. The van der Waals surface area contributed by atoms with Crippen LogP contribution < -0.4 is 10.2 Å². The lowest BCUT2D eigenvalue weighted by atomic mass is 10.1. The van der Waals surface area contributed by atoms with E-state index in [0.717, 1.165) is 53.9 Å². The minimum absolute atomic E-state index is 0.0492. The average Bonchev–Trinajstić information content (AvgIpc) is 3.52. The minimum Gasteiger partial charge on any atom is -0.376 e. The first-order chi connectivity index (χ1) is 16.9. The van der Waals surface area contributed by atoms with E-state index in [1.165, 1.54) is 6.08 Å². The highest BCUT2D eigenvalue weighted by Crippen LogP contribution is 2.22. The van der Waals surface area contributed by atoms with Crippen LogP contribution in [0.25, 0.3) is 6.08 Å². The molecule has 2 heterocycles. The minimum atomic E-state index is -0.240. The Balaban J connectivity index is 1.42. The van der Waals surface area contributed by atoms with Gasteiger partial charge in [-0.05, 0) is 74.1 Å². The molecule has 2 fully saturated rings. The van der Waals surface area contributed by atoms with Crippen molar-refractivity contribution in [3.8, 4) is 0 Å². The molecular formula is C28H33N3O4. The fourth-order valence-corrected chi connectivity index (χ4v) is 4.48. The quantitative estimate of drug-likeness (QED) is 0.584. The average molecular weight is 476 g/mol. The molecule has 0 saturated carbocycles. The number of rotatable bonds is 8. The second-order valence-electron chi connectivity index (χ2n) is 9.22. The first-order valence-corrected chi connectivity index (χ1v) is 12.3. The van der Waals surface area contributed by atoms with Gasteiger partial charge in [-0.2, -0.15) is 0 Å². The van der Waals surface area contributed by atoms with E-state index in [9.17, 15) is 14.4 Å². The van der Waals surface area contributed by atoms with Gasteiger partial charge in [0.05, 0.1) is 6.10 Å². The fraction of sp³-hybridized carbons (Fsp3) is 0.393. The molecule has 1 atom stereocenters. The van der Waals surface area contributed by atoms with Gasteiger partial charge in [0.15, 0.2) is 0 Å². The summed E-state index contributed by atoms with van der Waals surface area (Å²) in [5.74, 6) is -0.333. The van der Waals surface area contributed by atoms with Crippen LogP contribution in [-0.2, 0) is 19.1 Å². The molecule has 7 heteroatoms.